The van der Waals surface area contributed by atoms with E-state index in [0.717, 1.165) is 0 Å². The molecule has 148 valence electrons. The number of carbonyl (C=O) groups excluding carboxylic acids is 2. The van der Waals surface area contributed by atoms with Gasteiger partial charge in [-0.15, -0.1) is 0 Å². The van der Waals surface area contributed by atoms with Crippen LogP contribution in [-0.4, -0.2) is 63.1 Å². The first-order valence-electron chi connectivity index (χ1n) is 8.99. The molecular formula is C19H27FN4O3. The van der Waals surface area contributed by atoms with E-state index in [1.165, 1.54) is 19.2 Å². The standard InChI is InChI=1S/C19H27FN4O3/c1-13-11-24(12-16(13)18(26)27-3)19(21-2)23-8-7-22-17(25)10-14-5-4-6-15(20)9-14/h4-6,9,13,16H,7-8,10-12H2,1-3H3,(H,21,23)(H,22,25). The Hall–Kier alpha value is -2.64. The van der Waals surface area contributed by atoms with Gasteiger partial charge in [0.2, 0.25) is 5.91 Å². The van der Waals surface area contributed by atoms with E-state index in [-0.39, 0.29) is 36.0 Å². The van der Waals surface area contributed by atoms with Crippen LogP contribution in [0.3, 0.4) is 0 Å². The predicted molar refractivity (Wildman–Crippen MR) is 101 cm³/mol. The summed E-state index contributed by atoms with van der Waals surface area (Å²) in [7, 11) is 3.08. The summed E-state index contributed by atoms with van der Waals surface area (Å²) in [6.07, 6.45) is 0.136. The van der Waals surface area contributed by atoms with Crippen molar-refractivity contribution < 1.29 is 18.7 Å². The Bertz CT molecular complexity index is 695. The van der Waals surface area contributed by atoms with Crippen LogP contribution in [0.5, 0.6) is 0 Å². The van der Waals surface area contributed by atoms with Crippen molar-refractivity contribution in [3.05, 3.63) is 35.6 Å². The largest absolute Gasteiger partial charge is 0.469 e. The second-order valence-electron chi connectivity index (χ2n) is 6.64. The van der Waals surface area contributed by atoms with E-state index in [9.17, 15) is 14.0 Å². The van der Waals surface area contributed by atoms with E-state index < -0.39 is 0 Å². The van der Waals surface area contributed by atoms with Crippen LogP contribution in [0.4, 0.5) is 4.39 Å². The van der Waals surface area contributed by atoms with Crippen LogP contribution in [0, 0.1) is 17.7 Å². The zero-order valence-corrected chi connectivity index (χ0v) is 16.0. The number of likely N-dealkylation sites (tertiary alicyclic amines) is 1. The highest BCUT2D eigenvalue weighted by atomic mass is 19.1. The third-order valence-corrected chi connectivity index (χ3v) is 4.61. The van der Waals surface area contributed by atoms with Gasteiger partial charge in [-0.3, -0.25) is 14.6 Å². The molecule has 2 rings (SSSR count). The summed E-state index contributed by atoms with van der Waals surface area (Å²) in [5, 5.41) is 5.98. The molecule has 1 aliphatic heterocycles. The van der Waals surface area contributed by atoms with Gasteiger partial charge in [-0.25, -0.2) is 4.39 Å². The summed E-state index contributed by atoms with van der Waals surface area (Å²) < 4.78 is 18.0. The van der Waals surface area contributed by atoms with Gasteiger partial charge >= 0.3 is 5.97 Å². The lowest BCUT2D eigenvalue weighted by atomic mass is 9.99. The molecule has 0 aromatic heterocycles. The molecule has 0 bridgehead atoms. The lowest BCUT2D eigenvalue weighted by molar-refractivity contribution is -0.146. The van der Waals surface area contributed by atoms with Gasteiger partial charge in [-0.05, 0) is 23.6 Å². The Morgan fingerprint density at radius 3 is 2.70 bits per heavy atom. The van der Waals surface area contributed by atoms with Crippen LogP contribution in [0.1, 0.15) is 12.5 Å². The average Bonchev–Trinajstić information content (AvgIpc) is 3.02. The Labute approximate surface area is 159 Å². The van der Waals surface area contributed by atoms with Crippen LogP contribution in [0.2, 0.25) is 0 Å². The minimum absolute atomic E-state index is 0.136. The van der Waals surface area contributed by atoms with Gasteiger partial charge < -0.3 is 20.3 Å². The molecule has 0 saturated carbocycles. The van der Waals surface area contributed by atoms with Gasteiger partial charge in [-0.1, -0.05) is 19.1 Å². The summed E-state index contributed by atoms with van der Waals surface area (Å²) >= 11 is 0. The number of rotatable bonds is 6. The number of aliphatic imine (C=N–C) groups is 1. The normalized spacial score (nSPS) is 19.7. The van der Waals surface area contributed by atoms with Gasteiger partial charge in [0, 0.05) is 33.2 Å². The van der Waals surface area contributed by atoms with E-state index in [0.29, 0.717) is 37.7 Å². The fraction of sp³-hybridized carbons (Fsp3) is 0.526. The number of carbonyl (C=O) groups is 2. The van der Waals surface area contributed by atoms with Crippen LogP contribution in [0.25, 0.3) is 0 Å². The molecule has 27 heavy (non-hydrogen) atoms. The summed E-state index contributed by atoms with van der Waals surface area (Å²) in [5.41, 5.74) is 0.635. The van der Waals surface area contributed by atoms with E-state index in [4.69, 9.17) is 4.74 Å². The summed E-state index contributed by atoms with van der Waals surface area (Å²) in [6.45, 7) is 4.19. The first-order valence-corrected chi connectivity index (χ1v) is 8.99. The quantitative estimate of drug-likeness (QED) is 0.331. The molecule has 2 unspecified atom stereocenters. The Balaban J connectivity index is 1.74. The number of methoxy groups -OCH3 is 1. The topological polar surface area (TPSA) is 83.0 Å². The summed E-state index contributed by atoms with van der Waals surface area (Å²) in [6, 6.07) is 6.00. The number of nitrogens with zero attached hydrogens (tertiary/aromatic N) is 2. The Morgan fingerprint density at radius 2 is 2.04 bits per heavy atom. The van der Waals surface area contributed by atoms with Gasteiger partial charge in [0.05, 0.1) is 19.4 Å². The molecule has 1 saturated heterocycles. The van der Waals surface area contributed by atoms with E-state index in [1.807, 2.05) is 11.8 Å². The fourth-order valence-electron chi connectivity index (χ4n) is 3.20. The van der Waals surface area contributed by atoms with Crippen molar-refractivity contribution in [1.82, 2.24) is 15.5 Å². The highest BCUT2D eigenvalue weighted by Crippen LogP contribution is 2.23. The fourth-order valence-corrected chi connectivity index (χ4v) is 3.20. The van der Waals surface area contributed by atoms with Gasteiger partial charge in [0.25, 0.3) is 0 Å². The molecule has 1 aromatic carbocycles. The zero-order valence-electron chi connectivity index (χ0n) is 16.0. The van der Waals surface area contributed by atoms with E-state index in [2.05, 4.69) is 15.6 Å². The van der Waals surface area contributed by atoms with Crippen molar-refractivity contribution in [3.8, 4) is 0 Å². The molecule has 1 aliphatic rings. The molecule has 2 N–H and O–H groups in total. The minimum atomic E-state index is -0.351. The van der Waals surface area contributed by atoms with Crippen molar-refractivity contribution in [1.29, 1.82) is 0 Å². The molecule has 8 heteroatoms. The number of halogens is 1. The Kier molecular flexibility index (Phi) is 7.57. The van der Waals surface area contributed by atoms with Gasteiger partial charge in [0.1, 0.15) is 5.82 Å². The minimum Gasteiger partial charge on any atom is -0.469 e. The van der Waals surface area contributed by atoms with Crippen molar-refractivity contribution in [2.45, 2.75) is 13.3 Å². The van der Waals surface area contributed by atoms with Gasteiger partial charge in [-0.2, -0.15) is 0 Å². The predicted octanol–water partition coefficient (Wildman–Crippen LogP) is 0.801. The average molecular weight is 378 g/mol. The third kappa shape index (κ3) is 5.94. The van der Waals surface area contributed by atoms with Crippen molar-refractivity contribution in [2.24, 2.45) is 16.8 Å². The maximum Gasteiger partial charge on any atom is 0.310 e. The maximum absolute atomic E-state index is 13.1. The lowest BCUT2D eigenvalue weighted by Gasteiger charge is -2.21. The number of guanidine groups is 1. The molecule has 1 aromatic rings. The molecule has 0 spiro atoms. The number of benzene rings is 1. The molecule has 2 atom stereocenters. The molecule has 1 fully saturated rings. The summed E-state index contributed by atoms with van der Waals surface area (Å²) in [5.74, 6) is -0.0204. The van der Waals surface area contributed by atoms with Crippen LogP contribution >= 0.6 is 0 Å². The van der Waals surface area contributed by atoms with Crippen molar-refractivity contribution >= 4 is 17.8 Å². The zero-order chi connectivity index (χ0) is 19.8. The maximum atomic E-state index is 13.1. The number of esters is 1. The Morgan fingerprint density at radius 1 is 1.30 bits per heavy atom. The second-order valence-corrected chi connectivity index (χ2v) is 6.64. The number of hydrogen-bond donors (Lipinski definition) is 2. The molecular weight excluding hydrogens is 351 g/mol. The number of hydrogen-bond acceptors (Lipinski definition) is 4. The first kappa shape index (κ1) is 20.7. The molecule has 1 heterocycles. The second kappa shape index (κ2) is 9.89. The van der Waals surface area contributed by atoms with Crippen molar-refractivity contribution in [2.75, 3.05) is 40.3 Å². The van der Waals surface area contributed by atoms with E-state index >= 15 is 0 Å². The van der Waals surface area contributed by atoms with Gasteiger partial charge in [0.15, 0.2) is 5.96 Å². The summed E-state index contributed by atoms with van der Waals surface area (Å²) in [4.78, 5) is 30.0. The molecule has 0 aliphatic carbocycles. The first-order chi connectivity index (χ1) is 12.9. The monoisotopic (exact) mass is 378 g/mol. The number of amides is 1. The highest BCUT2D eigenvalue weighted by Gasteiger charge is 2.36. The molecule has 0 radical (unpaired) electrons. The third-order valence-electron chi connectivity index (χ3n) is 4.61. The number of ether oxygens (including phenoxy) is 1. The van der Waals surface area contributed by atoms with Crippen molar-refractivity contribution in [3.63, 3.8) is 0 Å². The smallest absolute Gasteiger partial charge is 0.310 e. The molecule has 1 amide bonds. The van der Waals surface area contributed by atoms with Crippen LogP contribution < -0.4 is 10.6 Å². The highest BCUT2D eigenvalue weighted by molar-refractivity contribution is 5.82. The number of nitrogens with one attached hydrogen (secondary N) is 2. The SMILES string of the molecule is CN=C(NCCNC(=O)Cc1cccc(F)c1)N1CC(C)C(C(=O)OC)C1. The lowest BCUT2D eigenvalue weighted by Crippen LogP contribution is -2.43. The van der Waals surface area contributed by atoms with Crippen LogP contribution in [0.15, 0.2) is 29.3 Å². The van der Waals surface area contributed by atoms with Crippen LogP contribution in [-0.2, 0) is 20.7 Å². The molecule has 7 nitrogen and oxygen atoms in total. The van der Waals surface area contributed by atoms with E-state index in [1.54, 1.807) is 19.2 Å².